The Labute approximate surface area is 102 Å². The van der Waals surface area contributed by atoms with Crippen molar-refractivity contribution in [3.63, 3.8) is 0 Å². The number of rotatable bonds is 7. The van der Waals surface area contributed by atoms with Crippen LogP contribution < -0.4 is 5.73 Å². The van der Waals surface area contributed by atoms with Gasteiger partial charge in [0, 0.05) is 18.7 Å². The van der Waals surface area contributed by atoms with Gasteiger partial charge in [-0.1, -0.05) is 5.16 Å². The van der Waals surface area contributed by atoms with Crippen LogP contribution in [0.3, 0.4) is 0 Å². The minimum atomic E-state index is 0.440. The summed E-state index contributed by atoms with van der Waals surface area (Å²) in [5.41, 5.74) is 6.30. The standard InChI is InChI=1S/C11H21N3OS/c1-9(4-5-16-3)14(2)8-11-6-10(7-12)13-15-11/h6,9H,4-5,7-8,12H2,1-3H3. The van der Waals surface area contributed by atoms with E-state index in [2.05, 4.69) is 30.3 Å². The lowest BCUT2D eigenvalue weighted by atomic mass is 10.2. The van der Waals surface area contributed by atoms with E-state index in [0.717, 1.165) is 18.0 Å². The van der Waals surface area contributed by atoms with Gasteiger partial charge in [-0.3, -0.25) is 4.90 Å². The highest BCUT2D eigenvalue weighted by molar-refractivity contribution is 7.98. The quantitative estimate of drug-likeness (QED) is 0.790. The Morgan fingerprint density at radius 1 is 1.62 bits per heavy atom. The molecule has 5 heteroatoms. The summed E-state index contributed by atoms with van der Waals surface area (Å²) >= 11 is 1.88. The van der Waals surface area contributed by atoms with Gasteiger partial charge in [-0.25, -0.2) is 0 Å². The van der Waals surface area contributed by atoms with Crippen molar-refractivity contribution in [1.82, 2.24) is 10.1 Å². The fraction of sp³-hybridized carbons (Fsp3) is 0.727. The van der Waals surface area contributed by atoms with E-state index in [1.54, 1.807) is 0 Å². The Balaban J connectivity index is 2.40. The zero-order valence-corrected chi connectivity index (χ0v) is 11.1. The maximum absolute atomic E-state index is 5.48. The molecule has 92 valence electrons. The first-order chi connectivity index (χ1) is 7.67. The Morgan fingerprint density at radius 2 is 2.38 bits per heavy atom. The molecule has 0 radical (unpaired) electrons. The van der Waals surface area contributed by atoms with Gasteiger partial charge in [-0.2, -0.15) is 11.8 Å². The Kier molecular flexibility index (Phi) is 5.87. The fourth-order valence-corrected chi connectivity index (χ4v) is 2.01. The van der Waals surface area contributed by atoms with Crippen molar-refractivity contribution < 1.29 is 4.52 Å². The molecule has 1 unspecified atom stereocenters. The Morgan fingerprint density at radius 3 is 2.94 bits per heavy atom. The molecule has 1 atom stereocenters. The van der Waals surface area contributed by atoms with Crippen LogP contribution in [0.1, 0.15) is 24.8 Å². The maximum Gasteiger partial charge on any atom is 0.151 e. The number of hydrogen-bond donors (Lipinski definition) is 1. The lowest BCUT2D eigenvalue weighted by Gasteiger charge is -2.22. The second-order valence-electron chi connectivity index (χ2n) is 4.03. The molecule has 0 aliphatic heterocycles. The summed E-state index contributed by atoms with van der Waals surface area (Å²) in [5, 5.41) is 3.88. The second-order valence-corrected chi connectivity index (χ2v) is 5.02. The van der Waals surface area contributed by atoms with Crippen molar-refractivity contribution in [2.75, 3.05) is 19.1 Å². The fourth-order valence-electron chi connectivity index (χ4n) is 1.44. The molecule has 0 amide bonds. The molecule has 1 aromatic rings. The topological polar surface area (TPSA) is 55.3 Å². The van der Waals surface area contributed by atoms with Crippen LogP contribution in [0, 0.1) is 0 Å². The van der Waals surface area contributed by atoms with Gasteiger partial charge >= 0.3 is 0 Å². The first-order valence-electron chi connectivity index (χ1n) is 5.51. The van der Waals surface area contributed by atoms with Crippen molar-refractivity contribution in [3.8, 4) is 0 Å². The van der Waals surface area contributed by atoms with Crippen molar-refractivity contribution in [3.05, 3.63) is 17.5 Å². The van der Waals surface area contributed by atoms with Crippen LogP contribution in [-0.2, 0) is 13.1 Å². The molecule has 0 spiro atoms. The van der Waals surface area contributed by atoms with Gasteiger partial charge in [0.15, 0.2) is 5.76 Å². The van der Waals surface area contributed by atoms with Crippen molar-refractivity contribution >= 4 is 11.8 Å². The van der Waals surface area contributed by atoms with Crippen molar-refractivity contribution in [2.24, 2.45) is 5.73 Å². The summed E-state index contributed by atoms with van der Waals surface area (Å²) in [7, 11) is 2.11. The zero-order chi connectivity index (χ0) is 12.0. The lowest BCUT2D eigenvalue weighted by molar-refractivity contribution is 0.215. The van der Waals surface area contributed by atoms with Crippen LogP contribution in [-0.4, -0.2) is 35.2 Å². The molecule has 2 N–H and O–H groups in total. The lowest BCUT2D eigenvalue weighted by Crippen LogP contribution is -2.28. The Hall–Kier alpha value is -0.520. The Bertz CT molecular complexity index is 303. The number of nitrogens with two attached hydrogens (primary N) is 1. The van der Waals surface area contributed by atoms with Gasteiger partial charge in [0.2, 0.25) is 0 Å². The largest absolute Gasteiger partial charge is 0.360 e. The first-order valence-corrected chi connectivity index (χ1v) is 6.90. The molecule has 0 aromatic carbocycles. The van der Waals surface area contributed by atoms with E-state index in [1.807, 2.05) is 17.8 Å². The van der Waals surface area contributed by atoms with Gasteiger partial charge in [-0.15, -0.1) is 0 Å². The average Bonchev–Trinajstić information content (AvgIpc) is 2.73. The molecule has 16 heavy (non-hydrogen) atoms. The molecule has 1 heterocycles. The minimum absolute atomic E-state index is 0.440. The molecule has 0 fully saturated rings. The zero-order valence-electron chi connectivity index (χ0n) is 10.3. The van der Waals surface area contributed by atoms with Gasteiger partial charge in [-0.05, 0) is 32.4 Å². The molecule has 0 bridgehead atoms. The number of aromatic nitrogens is 1. The number of thioether (sulfide) groups is 1. The van der Waals surface area contributed by atoms with E-state index < -0.39 is 0 Å². The molecular weight excluding hydrogens is 222 g/mol. The summed E-state index contributed by atoms with van der Waals surface area (Å²) < 4.78 is 5.20. The van der Waals surface area contributed by atoms with Crippen LogP contribution in [0.2, 0.25) is 0 Å². The highest BCUT2D eigenvalue weighted by Crippen LogP contribution is 2.11. The third-order valence-electron chi connectivity index (χ3n) is 2.71. The number of nitrogens with zero attached hydrogens (tertiary/aromatic N) is 2. The number of hydrogen-bond acceptors (Lipinski definition) is 5. The summed E-state index contributed by atoms with van der Waals surface area (Å²) in [5.74, 6) is 2.08. The third-order valence-corrected chi connectivity index (χ3v) is 3.36. The molecule has 0 aliphatic carbocycles. The van der Waals surface area contributed by atoms with Gasteiger partial charge < -0.3 is 10.3 Å². The summed E-state index contributed by atoms with van der Waals surface area (Å²) in [6, 6.07) is 2.48. The molecular formula is C11H21N3OS. The smallest absolute Gasteiger partial charge is 0.151 e. The normalized spacial score (nSPS) is 13.3. The van der Waals surface area contributed by atoms with Crippen LogP contribution in [0.25, 0.3) is 0 Å². The summed E-state index contributed by atoms with van der Waals surface area (Å²) in [6.07, 6.45) is 3.33. The second kappa shape index (κ2) is 6.93. The third kappa shape index (κ3) is 4.15. The predicted molar refractivity (Wildman–Crippen MR) is 68.3 cm³/mol. The SMILES string of the molecule is CSCCC(C)N(C)Cc1cc(CN)no1. The highest BCUT2D eigenvalue weighted by Gasteiger charge is 2.12. The van der Waals surface area contributed by atoms with Gasteiger partial charge in [0.1, 0.15) is 0 Å². The molecule has 1 rings (SSSR count). The monoisotopic (exact) mass is 243 g/mol. The molecule has 0 aliphatic rings. The summed E-state index contributed by atoms with van der Waals surface area (Å²) in [6.45, 7) is 3.47. The van der Waals surface area contributed by atoms with Crippen LogP contribution in [0.15, 0.2) is 10.6 Å². The van der Waals surface area contributed by atoms with Crippen LogP contribution in [0.5, 0.6) is 0 Å². The van der Waals surface area contributed by atoms with E-state index in [-0.39, 0.29) is 0 Å². The molecule has 0 saturated carbocycles. The van der Waals surface area contributed by atoms with Crippen molar-refractivity contribution in [1.29, 1.82) is 0 Å². The van der Waals surface area contributed by atoms with E-state index in [4.69, 9.17) is 10.3 Å². The molecule has 4 nitrogen and oxygen atoms in total. The maximum atomic E-state index is 5.48. The van der Waals surface area contributed by atoms with Gasteiger partial charge in [0.05, 0.1) is 12.2 Å². The molecule has 0 saturated heterocycles. The van der Waals surface area contributed by atoms with E-state index in [1.165, 1.54) is 12.2 Å². The van der Waals surface area contributed by atoms with E-state index >= 15 is 0 Å². The van der Waals surface area contributed by atoms with Crippen LogP contribution >= 0.6 is 11.8 Å². The van der Waals surface area contributed by atoms with Crippen LogP contribution in [0.4, 0.5) is 0 Å². The average molecular weight is 243 g/mol. The predicted octanol–water partition coefficient (Wildman–Crippen LogP) is 1.71. The first kappa shape index (κ1) is 13.5. The highest BCUT2D eigenvalue weighted by atomic mass is 32.2. The van der Waals surface area contributed by atoms with Gasteiger partial charge in [0.25, 0.3) is 0 Å². The molecule has 1 aromatic heterocycles. The van der Waals surface area contributed by atoms with Crippen molar-refractivity contribution in [2.45, 2.75) is 32.5 Å². The van der Waals surface area contributed by atoms with E-state index in [9.17, 15) is 0 Å². The summed E-state index contributed by atoms with van der Waals surface area (Å²) in [4.78, 5) is 2.27. The minimum Gasteiger partial charge on any atom is -0.360 e. The van der Waals surface area contributed by atoms with E-state index in [0.29, 0.717) is 12.6 Å².